The highest BCUT2D eigenvalue weighted by molar-refractivity contribution is 5.73. The summed E-state index contributed by atoms with van der Waals surface area (Å²) in [6.45, 7) is -0.789. The van der Waals surface area contributed by atoms with Crippen LogP contribution in [0.15, 0.2) is 0 Å². The molecule has 8 heteroatoms. The van der Waals surface area contributed by atoms with Crippen molar-refractivity contribution in [2.24, 2.45) is 5.73 Å². The van der Waals surface area contributed by atoms with E-state index in [-0.39, 0.29) is 19.3 Å². The van der Waals surface area contributed by atoms with E-state index in [4.69, 9.17) is 15.9 Å². The highest BCUT2D eigenvalue weighted by Crippen LogP contribution is 2.07. The van der Waals surface area contributed by atoms with E-state index in [0.717, 1.165) is 0 Å². The molecule has 4 atom stereocenters. The maximum atomic E-state index is 11.0. The molecule has 0 aromatic heterocycles. The summed E-state index contributed by atoms with van der Waals surface area (Å²) in [5.41, 5.74) is 5.08. The van der Waals surface area contributed by atoms with Gasteiger partial charge in [0.1, 0.15) is 18.3 Å². The molecule has 0 spiro atoms. The van der Waals surface area contributed by atoms with Gasteiger partial charge < -0.3 is 30.9 Å². The Labute approximate surface area is 97.6 Å². The van der Waals surface area contributed by atoms with Gasteiger partial charge in [0.25, 0.3) is 0 Å². The molecule has 0 aliphatic rings. The summed E-state index contributed by atoms with van der Waals surface area (Å²) in [6, 6.07) is 0. The largest absolute Gasteiger partial charge is 0.452 e. The van der Waals surface area contributed by atoms with E-state index >= 15 is 0 Å². The van der Waals surface area contributed by atoms with Crippen LogP contribution in [0.5, 0.6) is 0 Å². The molecule has 17 heavy (non-hydrogen) atoms. The van der Waals surface area contributed by atoms with Crippen molar-refractivity contribution in [2.75, 3.05) is 13.2 Å². The third kappa shape index (κ3) is 5.20. The van der Waals surface area contributed by atoms with Crippen molar-refractivity contribution in [2.45, 2.75) is 30.8 Å². The lowest BCUT2D eigenvalue weighted by Crippen LogP contribution is -2.48. The highest BCUT2D eigenvalue weighted by Gasteiger charge is 2.33. The number of hydrogen-bond donors (Lipinski definition) is 5. The summed E-state index contributed by atoms with van der Waals surface area (Å²) >= 11 is 0. The first-order valence-electron chi connectivity index (χ1n) is 4.97. The van der Waals surface area contributed by atoms with Gasteiger partial charge in [0.2, 0.25) is 0 Å². The maximum Gasteiger partial charge on any atom is 0.307 e. The van der Waals surface area contributed by atoms with Crippen molar-refractivity contribution in [1.82, 2.24) is 0 Å². The second kappa shape index (κ2) is 8.09. The van der Waals surface area contributed by atoms with Gasteiger partial charge in [0, 0.05) is 6.54 Å². The molecule has 0 aromatic rings. The van der Waals surface area contributed by atoms with E-state index in [1.54, 1.807) is 0 Å². The Morgan fingerprint density at radius 1 is 1.29 bits per heavy atom. The van der Waals surface area contributed by atoms with Crippen LogP contribution < -0.4 is 5.73 Å². The smallest absolute Gasteiger partial charge is 0.307 e. The molecule has 0 saturated heterocycles. The Bertz CT molecular complexity index is 247. The van der Waals surface area contributed by atoms with Crippen molar-refractivity contribution in [3.63, 3.8) is 0 Å². The van der Waals surface area contributed by atoms with E-state index in [1.165, 1.54) is 0 Å². The van der Waals surface area contributed by atoms with E-state index in [1.807, 2.05) is 0 Å². The van der Waals surface area contributed by atoms with Crippen molar-refractivity contribution >= 4 is 12.3 Å². The number of aldehydes is 1. The fourth-order valence-corrected chi connectivity index (χ4v) is 1.04. The van der Waals surface area contributed by atoms with Crippen molar-refractivity contribution in [3.8, 4) is 0 Å². The molecule has 0 heterocycles. The Morgan fingerprint density at radius 2 is 1.88 bits per heavy atom. The van der Waals surface area contributed by atoms with Gasteiger partial charge in [-0.05, 0) is 0 Å². The molecule has 0 bridgehead atoms. The van der Waals surface area contributed by atoms with Crippen LogP contribution in [0.1, 0.15) is 6.42 Å². The van der Waals surface area contributed by atoms with Gasteiger partial charge >= 0.3 is 5.97 Å². The Morgan fingerprint density at radius 3 is 2.29 bits per heavy atom. The molecule has 0 saturated carbocycles. The van der Waals surface area contributed by atoms with Crippen molar-refractivity contribution < 1.29 is 34.8 Å². The molecular formula is C9H17NO7. The zero-order valence-electron chi connectivity index (χ0n) is 9.10. The third-order valence-corrected chi connectivity index (χ3v) is 2.02. The normalized spacial score (nSPS) is 17.9. The Hall–Kier alpha value is -1.06. The van der Waals surface area contributed by atoms with E-state index in [2.05, 4.69) is 4.74 Å². The molecule has 0 amide bonds. The molecule has 100 valence electrons. The first-order chi connectivity index (χ1) is 7.97. The van der Waals surface area contributed by atoms with Crippen molar-refractivity contribution in [1.29, 1.82) is 0 Å². The number of nitrogens with two attached hydrogens (primary N) is 1. The summed E-state index contributed by atoms with van der Waals surface area (Å²) in [5.74, 6) is -0.811. The average Bonchev–Trinajstić information content (AvgIpc) is 2.33. The van der Waals surface area contributed by atoms with Gasteiger partial charge in [-0.2, -0.15) is 0 Å². The van der Waals surface area contributed by atoms with Crippen LogP contribution in [0.3, 0.4) is 0 Å². The van der Waals surface area contributed by atoms with Crippen LogP contribution in [0.2, 0.25) is 0 Å². The van der Waals surface area contributed by atoms with E-state index in [0.29, 0.717) is 0 Å². The summed E-state index contributed by atoms with van der Waals surface area (Å²) in [7, 11) is 0. The van der Waals surface area contributed by atoms with Gasteiger partial charge in [-0.3, -0.25) is 9.59 Å². The first-order valence-corrected chi connectivity index (χ1v) is 4.97. The second-order valence-electron chi connectivity index (χ2n) is 3.36. The lowest BCUT2D eigenvalue weighted by molar-refractivity contribution is -0.167. The molecule has 8 nitrogen and oxygen atoms in total. The summed E-state index contributed by atoms with van der Waals surface area (Å²) < 4.78 is 4.53. The summed E-state index contributed by atoms with van der Waals surface area (Å²) in [4.78, 5) is 21.6. The second-order valence-corrected chi connectivity index (χ2v) is 3.36. The molecule has 0 rings (SSSR count). The minimum atomic E-state index is -1.82. The number of aliphatic hydroxyl groups excluding tert-OH is 4. The van der Waals surface area contributed by atoms with Crippen LogP contribution in [0.4, 0.5) is 0 Å². The van der Waals surface area contributed by atoms with Crippen LogP contribution in [0.25, 0.3) is 0 Å². The van der Waals surface area contributed by atoms with E-state index in [9.17, 15) is 19.8 Å². The lowest BCUT2D eigenvalue weighted by atomic mass is 10.0. The zero-order chi connectivity index (χ0) is 13.4. The number of aliphatic hydroxyl groups is 4. The monoisotopic (exact) mass is 251 g/mol. The number of carbonyl (C=O) groups excluding carboxylic acids is 2. The minimum absolute atomic E-state index is 0.0162. The highest BCUT2D eigenvalue weighted by atomic mass is 16.6. The van der Waals surface area contributed by atoms with Crippen LogP contribution in [-0.4, -0.2) is 70.2 Å². The van der Waals surface area contributed by atoms with Crippen LogP contribution >= 0.6 is 0 Å². The van der Waals surface area contributed by atoms with Gasteiger partial charge in [0.05, 0.1) is 13.0 Å². The molecule has 6 N–H and O–H groups in total. The van der Waals surface area contributed by atoms with Gasteiger partial charge in [0.15, 0.2) is 12.4 Å². The molecule has 0 aliphatic carbocycles. The molecule has 0 aromatic carbocycles. The number of rotatable bonds is 8. The van der Waals surface area contributed by atoms with Gasteiger partial charge in [-0.15, -0.1) is 0 Å². The van der Waals surface area contributed by atoms with E-state index < -0.39 is 37.0 Å². The Balaban J connectivity index is 4.43. The van der Waals surface area contributed by atoms with Gasteiger partial charge in [-0.25, -0.2) is 0 Å². The first kappa shape index (κ1) is 15.9. The van der Waals surface area contributed by atoms with Crippen LogP contribution in [-0.2, 0) is 14.3 Å². The molecule has 0 unspecified atom stereocenters. The average molecular weight is 251 g/mol. The predicted molar refractivity (Wildman–Crippen MR) is 54.7 cm³/mol. The predicted octanol–water partition coefficient (Wildman–Crippen LogP) is -3.48. The number of carbonyl (C=O) groups is 2. The molecular weight excluding hydrogens is 234 g/mol. The van der Waals surface area contributed by atoms with Crippen molar-refractivity contribution in [3.05, 3.63) is 0 Å². The molecule has 0 fully saturated rings. The molecule has 0 aliphatic heterocycles. The third-order valence-electron chi connectivity index (χ3n) is 2.02. The summed E-state index contributed by atoms with van der Waals surface area (Å²) in [6.07, 6.45) is -6.91. The number of hydrogen-bond acceptors (Lipinski definition) is 8. The van der Waals surface area contributed by atoms with Crippen LogP contribution in [0, 0.1) is 0 Å². The zero-order valence-corrected chi connectivity index (χ0v) is 9.10. The molecule has 0 radical (unpaired) electrons. The number of ether oxygens (including phenoxy) is 1. The van der Waals surface area contributed by atoms with Gasteiger partial charge in [-0.1, -0.05) is 0 Å². The SMILES string of the molecule is NCCC(=O)O[C@H](C=O)[C@H](O)[C@@H](O)[C@@H](O)CO. The Kier molecular flexibility index (Phi) is 7.59. The minimum Gasteiger partial charge on any atom is -0.452 e. The fraction of sp³-hybridized carbons (Fsp3) is 0.778. The fourth-order valence-electron chi connectivity index (χ4n) is 1.04. The lowest BCUT2D eigenvalue weighted by Gasteiger charge is -2.25. The standard InChI is InChI=1S/C9H17NO7/c10-2-1-7(14)17-6(4-12)9(16)8(15)5(13)3-11/h4-6,8-9,11,13,15-16H,1-3,10H2/t5-,6+,8-,9-/m0/s1. The quantitative estimate of drug-likeness (QED) is 0.220. The topological polar surface area (TPSA) is 150 Å². The summed E-state index contributed by atoms with van der Waals surface area (Å²) in [5, 5.41) is 36.3. The maximum absolute atomic E-state index is 11.0. The number of esters is 1.